The van der Waals surface area contributed by atoms with E-state index >= 15 is 0 Å². The van der Waals surface area contributed by atoms with Crippen LogP contribution < -0.4 is 10.1 Å². The summed E-state index contributed by atoms with van der Waals surface area (Å²) in [4.78, 5) is 0.237. The maximum Gasteiger partial charge on any atom is 0.243 e. The Balaban J connectivity index is 1.94. The first kappa shape index (κ1) is 15.1. The predicted molar refractivity (Wildman–Crippen MR) is 81.3 cm³/mol. The van der Waals surface area contributed by atoms with Crippen molar-refractivity contribution in [2.75, 3.05) is 26.7 Å². The summed E-state index contributed by atoms with van der Waals surface area (Å²) < 4.78 is 32.5. The van der Waals surface area contributed by atoms with Gasteiger partial charge in [-0.1, -0.05) is 11.6 Å². The summed E-state index contributed by atoms with van der Waals surface area (Å²) >= 11 is 6.07. The quantitative estimate of drug-likeness (QED) is 0.917. The average molecular weight is 331 g/mol. The van der Waals surface area contributed by atoms with Gasteiger partial charge in [-0.25, -0.2) is 8.42 Å². The molecule has 0 saturated carbocycles. The number of rotatable bonds is 3. The Bertz CT molecular complexity index is 635. The molecule has 2 atom stereocenters. The smallest absolute Gasteiger partial charge is 0.243 e. The fraction of sp³-hybridized carbons (Fsp3) is 0.571. The van der Waals surface area contributed by atoms with Gasteiger partial charge in [-0.2, -0.15) is 4.31 Å². The van der Waals surface area contributed by atoms with Gasteiger partial charge >= 0.3 is 0 Å². The van der Waals surface area contributed by atoms with Crippen LogP contribution in [-0.4, -0.2) is 45.5 Å². The number of hydrogen-bond acceptors (Lipinski definition) is 4. The molecule has 0 bridgehead atoms. The fourth-order valence-electron chi connectivity index (χ4n) is 3.27. The van der Waals surface area contributed by atoms with Crippen LogP contribution in [-0.2, 0) is 10.0 Å². The molecule has 0 aromatic heterocycles. The molecule has 1 N–H and O–H groups in total. The zero-order valence-corrected chi connectivity index (χ0v) is 13.5. The Hall–Kier alpha value is -0.820. The third kappa shape index (κ3) is 2.65. The highest BCUT2D eigenvalue weighted by molar-refractivity contribution is 7.89. The third-order valence-corrected chi connectivity index (χ3v) is 6.57. The summed E-state index contributed by atoms with van der Waals surface area (Å²) in [5.41, 5.74) is 0. The number of sulfonamides is 1. The second kappa shape index (κ2) is 5.76. The molecule has 7 heteroatoms. The summed E-state index contributed by atoms with van der Waals surface area (Å²) in [5.74, 6) is 0.900. The highest BCUT2D eigenvalue weighted by atomic mass is 35.5. The van der Waals surface area contributed by atoms with Crippen molar-refractivity contribution in [3.63, 3.8) is 0 Å². The van der Waals surface area contributed by atoms with Gasteiger partial charge in [0.05, 0.1) is 17.0 Å². The molecule has 3 rings (SSSR count). The monoisotopic (exact) mass is 330 g/mol. The maximum absolute atomic E-state index is 12.9. The zero-order chi connectivity index (χ0) is 15.0. The van der Waals surface area contributed by atoms with E-state index in [-0.39, 0.29) is 10.9 Å². The molecule has 0 spiro atoms. The molecule has 2 heterocycles. The van der Waals surface area contributed by atoms with E-state index < -0.39 is 10.0 Å². The van der Waals surface area contributed by atoms with Crippen LogP contribution in [0.4, 0.5) is 0 Å². The molecule has 2 aliphatic heterocycles. The molecule has 5 nitrogen and oxygen atoms in total. The molecule has 2 fully saturated rings. The highest BCUT2D eigenvalue weighted by Gasteiger charge is 2.41. The minimum Gasteiger partial charge on any atom is -0.495 e. The van der Waals surface area contributed by atoms with E-state index in [1.165, 1.54) is 13.2 Å². The first-order chi connectivity index (χ1) is 10.0. The molecule has 0 aliphatic carbocycles. The van der Waals surface area contributed by atoms with Crippen molar-refractivity contribution in [2.45, 2.75) is 23.8 Å². The number of piperidine rings is 1. The number of nitrogens with zero attached hydrogens (tertiary/aromatic N) is 1. The lowest BCUT2D eigenvalue weighted by Crippen LogP contribution is -2.48. The van der Waals surface area contributed by atoms with Crippen LogP contribution in [0.1, 0.15) is 12.8 Å². The van der Waals surface area contributed by atoms with E-state index in [1.54, 1.807) is 16.4 Å². The Morgan fingerprint density at radius 1 is 1.38 bits per heavy atom. The van der Waals surface area contributed by atoms with Crippen molar-refractivity contribution in [3.8, 4) is 5.75 Å². The van der Waals surface area contributed by atoms with Gasteiger partial charge in [-0.05, 0) is 43.5 Å². The summed E-state index contributed by atoms with van der Waals surface area (Å²) in [6.07, 6.45) is 2.00. The summed E-state index contributed by atoms with van der Waals surface area (Å²) in [7, 11) is -2.00. The largest absolute Gasteiger partial charge is 0.495 e. The molecule has 0 amide bonds. The zero-order valence-electron chi connectivity index (χ0n) is 11.9. The summed E-state index contributed by atoms with van der Waals surface area (Å²) in [5, 5.41) is 3.61. The van der Waals surface area contributed by atoms with E-state index in [0.717, 1.165) is 25.9 Å². The number of hydrogen-bond donors (Lipinski definition) is 1. The molecule has 21 heavy (non-hydrogen) atoms. The minimum absolute atomic E-state index is 0.0598. The molecule has 2 aliphatic rings. The maximum atomic E-state index is 12.9. The van der Waals surface area contributed by atoms with Crippen LogP contribution in [0.5, 0.6) is 5.75 Å². The van der Waals surface area contributed by atoms with Gasteiger partial charge in [0, 0.05) is 19.1 Å². The van der Waals surface area contributed by atoms with Crippen molar-refractivity contribution >= 4 is 21.6 Å². The van der Waals surface area contributed by atoms with Crippen molar-refractivity contribution in [1.82, 2.24) is 9.62 Å². The van der Waals surface area contributed by atoms with Gasteiger partial charge in [0.25, 0.3) is 0 Å². The summed E-state index contributed by atoms with van der Waals surface area (Å²) in [6.45, 7) is 2.21. The molecule has 1 aromatic carbocycles. The number of halogens is 1. The number of benzene rings is 1. The third-order valence-electron chi connectivity index (χ3n) is 4.36. The van der Waals surface area contributed by atoms with Crippen LogP contribution in [0, 0.1) is 5.92 Å². The minimum atomic E-state index is -3.51. The topological polar surface area (TPSA) is 58.6 Å². The number of methoxy groups -OCH3 is 1. The first-order valence-corrected chi connectivity index (χ1v) is 8.92. The predicted octanol–water partition coefficient (Wildman–Crippen LogP) is 1.72. The van der Waals surface area contributed by atoms with Gasteiger partial charge < -0.3 is 10.1 Å². The molecular weight excluding hydrogens is 312 g/mol. The van der Waals surface area contributed by atoms with Crippen LogP contribution in [0.25, 0.3) is 0 Å². The number of nitrogens with one attached hydrogen (secondary N) is 1. The molecule has 116 valence electrons. The SMILES string of the molecule is COc1ccc(S(=O)(=O)N2CCCC3CNCC32)cc1Cl. The van der Waals surface area contributed by atoms with E-state index in [9.17, 15) is 8.42 Å². The van der Waals surface area contributed by atoms with E-state index in [1.807, 2.05) is 0 Å². The van der Waals surface area contributed by atoms with E-state index in [0.29, 0.717) is 23.2 Å². The Labute approximate surface area is 130 Å². The van der Waals surface area contributed by atoms with Crippen LogP contribution in [0.15, 0.2) is 23.1 Å². The van der Waals surface area contributed by atoms with Crippen molar-refractivity contribution < 1.29 is 13.2 Å². The lowest BCUT2D eigenvalue weighted by Gasteiger charge is -2.35. The molecular formula is C14H19ClN2O3S. The average Bonchev–Trinajstić information content (AvgIpc) is 2.95. The van der Waals surface area contributed by atoms with Gasteiger partial charge in [-0.15, -0.1) is 0 Å². The van der Waals surface area contributed by atoms with Crippen molar-refractivity contribution in [1.29, 1.82) is 0 Å². The summed E-state index contributed by atoms with van der Waals surface area (Å²) in [6, 6.07) is 4.70. The van der Waals surface area contributed by atoms with E-state index in [2.05, 4.69) is 5.32 Å². The number of ether oxygens (including phenoxy) is 1. The molecule has 0 radical (unpaired) electrons. The molecule has 1 aromatic rings. The molecule has 2 unspecified atom stereocenters. The fourth-order valence-corrected chi connectivity index (χ4v) is 5.34. The molecule has 2 saturated heterocycles. The normalized spacial score (nSPS) is 26.6. The second-order valence-corrected chi connectivity index (χ2v) is 7.84. The lowest BCUT2D eigenvalue weighted by atomic mass is 9.94. The van der Waals surface area contributed by atoms with Gasteiger partial charge in [0.15, 0.2) is 0 Å². The number of fused-ring (bicyclic) bond motifs is 1. The lowest BCUT2D eigenvalue weighted by molar-refractivity contribution is 0.217. The van der Waals surface area contributed by atoms with Crippen LogP contribution in [0.2, 0.25) is 5.02 Å². The Morgan fingerprint density at radius 3 is 2.90 bits per heavy atom. The van der Waals surface area contributed by atoms with Crippen LogP contribution in [0.3, 0.4) is 0 Å². The van der Waals surface area contributed by atoms with Gasteiger partial charge in [0.2, 0.25) is 10.0 Å². The standard InChI is InChI=1S/C14H19ClN2O3S/c1-20-14-5-4-11(7-12(14)15)21(18,19)17-6-2-3-10-8-16-9-13(10)17/h4-5,7,10,13,16H,2-3,6,8-9H2,1H3. The van der Waals surface area contributed by atoms with E-state index in [4.69, 9.17) is 16.3 Å². The Morgan fingerprint density at radius 2 is 2.19 bits per heavy atom. The van der Waals surface area contributed by atoms with Crippen molar-refractivity contribution in [2.24, 2.45) is 5.92 Å². The van der Waals surface area contributed by atoms with Crippen LogP contribution >= 0.6 is 11.6 Å². The van der Waals surface area contributed by atoms with Crippen molar-refractivity contribution in [3.05, 3.63) is 23.2 Å². The first-order valence-electron chi connectivity index (χ1n) is 7.10. The highest BCUT2D eigenvalue weighted by Crippen LogP contribution is 2.33. The van der Waals surface area contributed by atoms with Gasteiger partial charge in [0.1, 0.15) is 5.75 Å². The second-order valence-electron chi connectivity index (χ2n) is 5.54. The Kier molecular flexibility index (Phi) is 4.14. The van der Waals surface area contributed by atoms with Gasteiger partial charge in [-0.3, -0.25) is 0 Å².